The van der Waals surface area contributed by atoms with Gasteiger partial charge >= 0.3 is 5.97 Å². The molecule has 1 atom stereocenters. The molecule has 1 rings (SSSR count). The highest BCUT2D eigenvalue weighted by Crippen LogP contribution is 2.24. The maximum atomic E-state index is 11.0. The van der Waals surface area contributed by atoms with Gasteiger partial charge in [0.05, 0.1) is 20.1 Å². The molecule has 0 saturated carbocycles. The monoisotopic (exact) mass is 271 g/mol. The molecule has 1 aromatic carbocycles. The van der Waals surface area contributed by atoms with Gasteiger partial charge in [0.15, 0.2) is 0 Å². The van der Waals surface area contributed by atoms with Crippen LogP contribution < -0.4 is 10.5 Å². The molecule has 0 aliphatic carbocycles. The van der Waals surface area contributed by atoms with Crippen LogP contribution in [0.15, 0.2) is 18.2 Å². The Kier molecular flexibility index (Phi) is 5.95. The highest BCUT2D eigenvalue weighted by atomic mass is 35.5. The molecule has 1 aromatic rings. The molecule has 18 heavy (non-hydrogen) atoms. The number of carbonyl (C=O) groups is 1. The summed E-state index contributed by atoms with van der Waals surface area (Å²) in [4.78, 5) is 11.0. The van der Waals surface area contributed by atoms with E-state index in [1.165, 1.54) is 7.11 Å². The van der Waals surface area contributed by atoms with Gasteiger partial charge < -0.3 is 15.2 Å². The van der Waals surface area contributed by atoms with Crippen LogP contribution in [0.3, 0.4) is 0 Å². The van der Waals surface area contributed by atoms with E-state index < -0.39 is 0 Å². The lowest BCUT2D eigenvalue weighted by Gasteiger charge is -2.13. The molecule has 0 spiro atoms. The first-order chi connectivity index (χ1) is 8.52. The number of hydrogen-bond acceptors (Lipinski definition) is 4. The highest BCUT2D eigenvalue weighted by Gasteiger charge is 2.08. The summed E-state index contributed by atoms with van der Waals surface area (Å²) in [6.45, 7) is 2.19. The molecule has 0 saturated heterocycles. The number of esters is 1. The van der Waals surface area contributed by atoms with Crippen LogP contribution in [0.1, 0.15) is 18.9 Å². The van der Waals surface area contributed by atoms with E-state index >= 15 is 0 Å². The zero-order valence-corrected chi connectivity index (χ0v) is 11.4. The van der Waals surface area contributed by atoms with Crippen molar-refractivity contribution in [2.45, 2.75) is 25.8 Å². The van der Waals surface area contributed by atoms with Crippen LogP contribution in [-0.2, 0) is 16.0 Å². The molecule has 0 amide bonds. The predicted molar refractivity (Wildman–Crippen MR) is 70.9 cm³/mol. The Morgan fingerprint density at radius 2 is 2.22 bits per heavy atom. The van der Waals surface area contributed by atoms with Crippen molar-refractivity contribution in [1.82, 2.24) is 0 Å². The van der Waals surface area contributed by atoms with Crippen LogP contribution >= 0.6 is 11.6 Å². The molecule has 100 valence electrons. The van der Waals surface area contributed by atoms with Crippen LogP contribution in [0.25, 0.3) is 0 Å². The minimum Gasteiger partial charge on any atom is -0.493 e. The van der Waals surface area contributed by atoms with E-state index in [1.54, 1.807) is 12.1 Å². The van der Waals surface area contributed by atoms with Crippen molar-refractivity contribution in [3.05, 3.63) is 28.8 Å². The molecule has 1 unspecified atom stereocenters. The second-order valence-electron chi connectivity index (χ2n) is 4.11. The summed E-state index contributed by atoms with van der Waals surface area (Å²) < 4.78 is 10.1. The van der Waals surface area contributed by atoms with Crippen LogP contribution in [0.5, 0.6) is 5.75 Å². The maximum Gasteiger partial charge on any atom is 0.308 e. The Hall–Kier alpha value is -1.26. The van der Waals surface area contributed by atoms with Gasteiger partial charge in [-0.3, -0.25) is 4.79 Å². The van der Waals surface area contributed by atoms with Gasteiger partial charge in [-0.15, -0.1) is 0 Å². The summed E-state index contributed by atoms with van der Waals surface area (Å²) in [6.07, 6.45) is 0.894. The molecular weight excluding hydrogens is 254 g/mol. The van der Waals surface area contributed by atoms with Crippen molar-refractivity contribution in [3.8, 4) is 5.75 Å². The topological polar surface area (TPSA) is 61.5 Å². The first kappa shape index (κ1) is 14.8. The minimum atomic E-state index is -0.294. The number of halogens is 1. The van der Waals surface area contributed by atoms with E-state index in [9.17, 15) is 4.79 Å². The van der Waals surface area contributed by atoms with Gasteiger partial charge in [-0.25, -0.2) is 0 Å². The molecule has 5 heteroatoms. The van der Waals surface area contributed by atoms with Crippen molar-refractivity contribution in [2.24, 2.45) is 5.73 Å². The lowest BCUT2D eigenvalue weighted by atomic mass is 10.1. The fraction of sp³-hybridized carbons (Fsp3) is 0.462. The van der Waals surface area contributed by atoms with Crippen molar-refractivity contribution in [2.75, 3.05) is 13.7 Å². The third-order valence-corrected chi connectivity index (χ3v) is 2.59. The molecule has 0 aromatic heterocycles. The smallest absolute Gasteiger partial charge is 0.308 e. The Morgan fingerprint density at radius 1 is 1.50 bits per heavy atom. The number of rotatable bonds is 6. The lowest BCUT2D eigenvalue weighted by Crippen LogP contribution is -2.18. The number of carbonyl (C=O) groups excluding carboxylic acids is 1. The standard InChI is InChI=1S/C13H18ClNO3/c1-9(15)7-10-8-11(14)3-4-12(10)18-6-5-13(16)17-2/h3-4,8-9H,5-7,15H2,1-2H3. The largest absolute Gasteiger partial charge is 0.493 e. The quantitative estimate of drug-likeness (QED) is 0.806. The molecule has 0 aliphatic heterocycles. The maximum absolute atomic E-state index is 11.0. The molecule has 0 aliphatic rings. The molecule has 0 bridgehead atoms. The summed E-state index contributed by atoms with van der Waals surface area (Å²) in [5.74, 6) is 0.415. The van der Waals surface area contributed by atoms with E-state index in [-0.39, 0.29) is 25.0 Å². The van der Waals surface area contributed by atoms with Crippen LogP contribution in [0.2, 0.25) is 5.02 Å². The van der Waals surface area contributed by atoms with Crippen LogP contribution in [-0.4, -0.2) is 25.7 Å². The van der Waals surface area contributed by atoms with Gasteiger partial charge in [-0.2, -0.15) is 0 Å². The predicted octanol–water partition coefficient (Wildman–Crippen LogP) is 2.17. The summed E-state index contributed by atoms with van der Waals surface area (Å²) >= 11 is 5.94. The van der Waals surface area contributed by atoms with E-state index in [0.29, 0.717) is 17.2 Å². The number of nitrogens with two attached hydrogens (primary N) is 1. The first-order valence-corrected chi connectivity index (χ1v) is 6.14. The SMILES string of the molecule is COC(=O)CCOc1ccc(Cl)cc1CC(C)N. The van der Waals surface area contributed by atoms with Crippen molar-refractivity contribution >= 4 is 17.6 Å². The first-order valence-electron chi connectivity index (χ1n) is 5.76. The van der Waals surface area contributed by atoms with Gasteiger partial charge in [0, 0.05) is 11.1 Å². The Labute approximate surface area is 112 Å². The third-order valence-electron chi connectivity index (χ3n) is 2.36. The summed E-state index contributed by atoms with van der Waals surface area (Å²) in [7, 11) is 1.35. The van der Waals surface area contributed by atoms with Gasteiger partial charge in [-0.05, 0) is 37.1 Å². The Balaban J connectivity index is 2.66. The van der Waals surface area contributed by atoms with Crippen molar-refractivity contribution in [3.63, 3.8) is 0 Å². The highest BCUT2D eigenvalue weighted by molar-refractivity contribution is 6.30. The second-order valence-corrected chi connectivity index (χ2v) is 4.54. The molecule has 0 heterocycles. The van der Waals surface area contributed by atoms with Crippen molar-refractivity contribution < 1.29 is 14.3 Å². The molecule has 0 radical (unpaired) electrons. The normalized spacial score (nSPS) is 12.0. The lowest BCUT2D eigenvalue weighted by molar-refractivity contribution is -0.141. The zero-order chi connectivity index (χ0) is 13.5. The zero-order valence-electron chi connectivity index (χ0n) is 10.6. The average molecular weight is 272 g/mol. The fourth-order valence-corrected chi connectivity index (χ4v) is 1.74. The van der Waals surface area contributed by atoms with Gasteiger partial charge in [0.1, 0.15) is 5.75 Å². The minimum absolute atomic E-state index is 0.0198. The van der Waals surface area contributed by atoms with E-state index in [2.05, 4.69) is 4.74 Å². The summed E-state index contributed by atoms with van der Waals surface area (Å²) in [5.41, 5.74) is 6.72. The molecule has 0 fully saturated rings. The van der Waals surface area contributed by atoms with Gasteiger partial charge in [0.25, 0.3) is 0 Å². The third kappa shape index (κ3) is 4.94. The summed E-state index contributed by atoms with van der Waals surface area (Å²) in [5, 5.41) is 0.644. The number of methoxy groups -OCH3 is 1. The van der Waals surface area contributed by atoms with Gasteiger partial charge in [-0.1, -0.05) is 11.6 Å². The number of benzene rings is 1. The molecule has 2 N–H and O–H groups in total. The number of ether oxygens (including phenoxy) is 2. The molecule has 4 nitrogen and oxygen atoms in total. The van der Waals surface area contributed by atoms with E-state index in [4.69, 9.17) is 22.1 Å². The van der Waals surface area contributed by atoms with Crippen LogP contribution in [0.4, 0.5) is 0 Å². The summed E-state index contributed by atoms with van der Waals surface area (Å²) in [6, 6.07) is 5.39. The second kappa shape index (κ2) is 7.24. The Morgan fingerprint density at radius 3 is 2.83 bits per heavy atom. The van der Waals surface area contributed by atoms with Gasteiger partial charge in [0.2, 0.25) is 0 Å². The average Bonchev–Trinajstić information content (AvgIpc) is 2.31. The Bertz CT molecular complexity index is 407. The van der Waals surface area contributed by atoms with Crippen molar-refractivity contribution in [1.29, 1.82) is 0 Å². The number of hydrogen-bond donors (Lipinski definition) is 1. The van der Waals surface area contributed by atoms with E-state index in [0.717, 1.165) is 5.56 Å². The molecular formula is C13H18ClNO3. The van der Waals surface area contributed by atoms with E-state index in [1.807, 2.05) is 13.0 Å². The van der Waals surface area contributed by atoms with Crippen LogP contribution in [0, 0.1) is 0 Å². The fourth-order valence-electron chi connectivity index (χ4n) is 1.54.